The topological polar surface area (TPSA) is 131 Å². The van der Waals surface area contributed by atoms with E-state index in [0.717, 1.165) is 16.3 Å². The molecule has 1 saturated heterocycles. The number of aliphatic hydroxyl groups excluding tert-OH is 2. The van der Waals surface area contributed by atoms with Crippen LogP contribution in [-0.4, -0.2) is 42.7 Å². The van der Waals surface area contributed by atoms with E-state index in [4.69, 9.17) is 11.0 Å². The van der Waals surface area contributed by atoms with E-state index in [1.54, 1.807) is 0 Å². The first kappa shape index (κ1) is 12.3. The summed E-state index contributed by atoms with van der Waals surface area (Å²) in [4.78, 5) is 19.0. The van der Waals surface area contributed by atoms with E-state index in [1.807, 2.05) is 0 Å². The van der Waals surface area contributed by atoms with Crippen LogP contribution in [0, 0.1) is 0 Å². The Labute approximate surface area is 99.6 Å². The molecule has 1 aromatic heterocycles. The first-order valence-electron chi connectivity index (χ1n) is 4.71. The van der Waals surface area contributed by atoms with Gasteiger partial charge in [0.1, 0.15) is 23.4 Å². The van der Waals surface area contributed by atoms with E-state index in [-0.39, 0.29) is 5.82 Å². The second kappa shape index (κ2) is 4.63. The Bertz CT molecular complexity index is 467. The summed E-state index contributed by atoms with van der Waals surface area (Å²) in [6.07, 6.45) is -1.18. The Morgan fingerprint density at radius 1 is 1.47 bits per heavy atom. The number of aliphatic hydroxyl groups is 2. The van der Waals surface area contributed by atoms with Crippen LogP contribution in [-0.2, 0) is 4.89 Å². The number of nitrogens with zero attached hydrogens (tertiary/aromatic N) is 2. The van der Waals surface area contributed by atoms with E-state index >= 15 is 0 Å². The fourth-order valence-electron chi connectivity index (χ4n) is 1.56. The SMILES string of the molecule is Nc1ccn([C@@H]2S[C@H](OO)[C@@H](O)[C@H]2O)c(=O)n1. The Balaban J connectivity index is 2.32. The fraction of sp³-hybridized carbons (Fsp3) is 0.500. The fourth-order valence-corrected chi connectivity index (χ4v) is 2.83. The molecule has 0 aromatic carbocycles. The largest absolute Gasteiger partial charge is 0.387 e. The third-order valence-corrected chi connectivity index (χ3v) is 3.84. The van der Waals surface area contributed by atoms with Crippen molar-refractivity contribution in [3.63, 3.8) is 0 Å². The minimum atomic E-state index is -1.29. The molecular weight excluding hydrogens is 250 g/mol. The lowest BCUT2D eigenvalue weighted by Crippen LogP contribution is -2.35. The Morgan fingerprint density at radius 3 is 2.71 bits per heavy atom. The number of thioether (sulfide) groups is 1. The summed E-state index contributed by atoms with van der Waals surface area (Å²) >= 11 is 0.910. The second-order valence-corrected chi connectivity index (χ2v) is 4.74. The maximum Gasteiger partial charge on any atom is 0.350 e. The summed E-state index contributed by atoms with van der Waals surface area (Å²) in [5, 5.41) is 27.0. The molecule has 0 amide bonds. The molecule has 2 rings (SSSR count). The van der Waals surface area contributed by atoms with Gasteiger partial charge >= 0.3 is 5.69 Å². The van der Waals surface area contributed by atoms with Crippen LogP contribution in [0.25, 0.3) is 0 Å². The van der Waals surface area contributed by atoms with Gasteiger partial charge in [0, 0.05) is 6.20 Å². The second-order valence-electron chi connectivity index (χ2n) is 3.52. The molecule has 94 valence electrons. The van der Waals surface area contributed by atoms with E-state index < -0.39 is 28.7 Å². The van der Waals surface area contributed by atoms with Gasteiger partial charge in [-0.3, -0.25) is 9.82 Å². The first-order valence-corrected chi connectivity index (χ1v) is 5.65. The average Bonchev–Trinajstić information content (AvgIpc) is 2.57. The van der Waals surface area contributed by atoms with E-state index in [9.17, 15) is 15.0 Å². The third-order valence-electron chi connectivity index (χ3n) is 2.42. The summed E-state index contributed by atoms with van der Waals surface area (Å²) in [7, 11) is 0. The van der Waals surface area contributed by atoms with Gasteiger partial charge < -0.3 is 15.9 Å². The predicted octanol–water partition coefficient (Wildman–Crippen LogP) is -1.39. The van der Waals surface area contributed by atoms with Crippen LogP contribution >= 0.6 is 11.8 Å². The molecule has 4 atom stereocenters. The van der Waals surface area contributed by atoms with Crippen LogP contribution in [0.3, 0.4) is 0 Å². The van der Waals surface area contributed by atoms with Crippen LogP contribution in [0.4, 0.5) is 5.82 Å². The molecule has 1 fully saturated rings. The average molecular weight is 261 g/mol. The van der Waals surface area contributed by atoms with Crippen molar-refractivity contribution in [1.82, 2.24) is 9.55 Å². The van der Waals surface area contributed by atoms with Gasteiger partial charge in [0.15, 0.2) is 5.44 Å². The lowest BCUT2D eigenvalue weighted by Gasteiger charge is -2.16. The molecule has 0 unspecified atom stereocenters. The summed E-state index contributed by atoms with van der Waals surface area (Å²) in [6.45, 7) is 0. The van der Waals surface area contributed by atoms with Gasteiger partial charge in [-0.15, -0.1) is 0 Å². The molecule has 1 aliphatic rings. The summed E-state index contributed by atoms with van der Waals surface area (Å²) in [5.74, 6) is 0.0687. The van der Waals surface area contributed by atoms with Crippen LogP contribution < -0.4 is 11.4 Å². The van der Waals surface area contributed by atoms with Crippen molar-refractivity contribution in [3.8, 4) is 0 Å². The van der Waals surface area contributed by atoms with E-state index in [2.05, 4.69) is 9.87 Å². The van der Waals surface area contributed by atoms with Gasteiger partial charge in [-0.25, -0.2) is 9.68 Å². The Hall–Kier alpha value is -1.13. The summed E-state index contributed by atoms with van der Waals surface area (Å²) < 4.78 is 1.12. The van der Waals surface area contributed by atoms with Gasteiger partial charge in [-0.1, -0.05) is 11.8 Å². The zero-order valence-corrected chi connectivity index (χ0v) is 9.32. The molecule has 17 heavy (non-hydrogen) atoms. The van der Waals surface area contributed by atoms with Crippen molar-refractivity contribution < 1.29 is 20.4 Å². The van der Waals surface area contributed by atoms with Crippen molar-refractivity contribution in [2.24, 2.45) is 0 Å². The third kappa shape index (κ3) is 2.15. The zero-order valence-electron chi connectivity index (χ0n) is 8.50. The molecule has 9 heteroatoms. The normalized spacial score (nSPS) is 32.9. The molecule has 1 aromatic rings. The van der Waals surface area contributed by atoms with Crippen molar-refractivity contribution in [2.75, 3.05) is 5.73 Å². The highest BCUT2D eigenvalue weighted by molar-refractivity contribution is 8.00. The highest BCUT2D eigenvalue weighted by Gasteiger charge is 2.44. The number of hydrogen-bond donors (Lipinski definition) is 4. The molecule has 0 saturated carbocycles. The molecule has 2 heterocycles. The number of rotatable bonds is 2. The number of nitrogen functional groups attached to an aromatic ring is 1. The van der Waals surface area contributed by atoms with E-state index in [0.29, 0.717) is 0 Å². The minimum absolute atomic E-state index is 0.0687. The van der Waals surface area contributed by atoms with Crippen LogP contribution in [0.1, 0.15) is 5.37 Å². The predicted molar refractivity (Wildman–Crippen MR) is 59.1 cm³/mol. The molecule has 0 radical (unpaired) electrons. The molecule has 8 nitrogen and oxygen atoms in total. The number of anilines is 1. The van der Waals surface area contributed by atoms with Crippen LogP contribution in [0.5, 0.6) is 0 Å². The summed E-state index contributed by atoms with van der Waals surface area (Å²) in [5.41, 5.74) is 3.67. The monoisotopic (exact) mass is 261 g/mol. The van der Waals surface area contributed by atoms with Gasteiger partial charge in [0.05, 0.1) is 0 Å². The van der Waals surface area contributed by atoms with Gasteiger partial charge in [0.2, 0.25) is 0 Å². The van der Waals surface area contributed by atoms with Crippen LogP contribution in [0.2, 0.25) is 0 Å². The Morgan fingerprint density at radius 2 is 2.18 bits per heavy atom. The maximum atomic E-state index is 11.5. The quantitative estimate of drug-likeness (QED) is 0.378. The molecular formula is C8H11N3O5S. The Kier molecular flexibility index (Phi) is 3.35. The molecule has 0 spiro atoms. The van der Waals surface area contributed by atoms with Gasteiger partial charge in [0.25, 0.3) is 0 Å². The van der Waals surface area contributed by atoms with Crippen molar-refractivity contribution in [1.29, 1.82) is 0 Å². The smallest absolute Gasteiger partial charge is 0.350 e. The lowest BCUT2D eigenvalue weighted by atomic mass is 10.2. The maximum absolute atomic E-state index is 11.5. The van der Waals surface area contributed by atoms with Crippen LogP contribution in [0.15, 0.2) is 17.1 Å². The van der Waals surface area contributed by atoms with Gasteiger partial charge in [-0.2, -0.15) is 4.98 Å². The van der Waals surface area contributed by atoms with Crippen molar-refractivity contribution in [2.45, 2.75) is 23.0 Å². The minimum Gasteiger partial charge on any atom is -0.387 e. The standard InChI is InChI=1S/C8H11N3O5S/c9-3-1-2-11(8(14)10-3)6-4(12)5(13)7(16-15)17-6/h1-2,4-7,12-13,15H,(H2,9,10,14)/t4-,5+,6-,7+/m1/s1. The number of aromatic nitrogens is 2. The molecule has 0 aliphatic carbocycles. The number of hydrogen-bond acceptors (Lipinski definition) is 8. The molecule has 1 aliphatic heterocycles. The van der Waals surface area contributed by atoms with Gasteiger partial charge in [-0.05, 0) is 6.07 Å². The summed E-state index contributed by atoms with van der Waals surface area (Å²) in [6, 6.07) is 1.40. The number of nitrogens with two attached hydrogens (primary N) is 1. The van der Waals surface area contributed by atoms with E-state index in [1.165, 1.54) is 12.3 Å². The highest BCUT2D eigenvalue weighted by Crippen LogP contribution is 2.41. The molecule has 0 bridgehead atoms. The highest BCUT2D eigenvalue weighted by atomic mass is 32.2. The van der Waals surface area contributed by atoms with Crippen molar-refractivity contribution in [3.05, 3.63) is 22.7 Å². The molecule has 5 N–H and O–H groups in total. The van der Waals surface area contributed by atoms with Crippen molar-refractivity contribution >= 4 is 17.6 Å². The first-order chi connectivity index (χ1) is 8.04. The zero-order chi connectivity index (χ0) is 12.6. The lowest BCUT2D eigenvalue weighted by molar-refractivity contribution is -0.273.